The Kier molecular flexibility index (Phi) is 4.46. The average molecular weight is 324 g/mol. The lowest BCUT2D eigenvalue weighted by Gasteiger charge is -2.07. The molecule has 0 aliphatic heterocycles. The van der Waals surface area contributed by atoms with E-state index in [1.165, 1.54) is 10.1 Å². The number of ether oxygens (including phenoxy) is 1. The monoisotopic (exact) mass is 324 g/mol. The topological polar surface area (TPSA) is 68.5 Å². The van der Waals surface area contributed by atoms with Crippen molar-refractivity contribution >= 4 is 11.6 Å². The molecule has 0 saturated heterocycles. The van der Waals surface area contributed by atoms with Crippen molar-refractivity contribution in [1.82, 2.24) is 19.9 Å². The van der Waals surface area contributed by atoms with Gasteiger partial charge >= 0.3 is 0 Å². The molecule has 3 aromatic rings. The van der Waals surface area contributed by atoms with Crippen LogP contribution in [0.5, 0.6) is 5.88 Å². The van der Waals surface area contributed by atoms with Gasteiger partial charge in [0.05, 0.1) is 13.3 Å². The van der Waals surface area contributed by atoms with Crippen molar-refractivity contribution in [2.75, 3.05) is 7.11 Å². The Hall–Kier alpha value is -2.89. The Labute approximate surface area is 140 Å². The predicted molar refractivity (Wildman–Crippen MR) is 91.2 cm³/mol. The SMILES string of the molecule is COc1ccc2nc(C(=O)NCc3ccc(C(C)C)cc3)cn2n1. The fourth-order valence-electron chi connectivity index (χ4n) is 2.38. The quantitative estimate of drug-likeness (QED) is 0.783. The standard InChI is InChI=1S/C18H20N4O2/c1-12(2)14-6-4-13(5-7-14)10-19-18(23)15-11-22-16(20-15)8-9-17(21-22)24-3/h4-9,11-12H,10H2,1-3H3,(H,19,23). The van der Waals surface area contributed by atoms with Gasteiger partial charge in [0.25, 0.3) is 5.91 Å². The average Bonchev–Trinajstić information content (AvgIpc) is 3.03. The number of methoxy groups -OCH3 is 1. The molecule has 3 rings (SSSR count). The molecule has 6 heteroatoms. The van der Waals surface area contributed by atoms with Gasteiger partial charge in [0.15, 0.2) is 5.65 Å². The highest BCUT2D eigenvalue weighted by Gasteiger charge is 2.11. The number of aromatic nitrogens is 3. The van der Waals surface area contributed by atoms with E-state index in [2.05, 4.69) is 41.4 Å². The summed E-state index contributed by atoms with van der Waals surface area (Å²) in [7, 11) is 1.54. The van der Waals surface area contributed by atoms with Gasteiger partial charge in [-0.15, -0.1) is 5.10 Å². The summed E-state index contributed by atoms with van der Waals surface area (Å²) < 4.78 is 6.60. The third-order valence-electron chi connectivity index (χ3n) is 3.84. The highest BCUT2D eigenvalue weighted by molar-refractivity contribution is 5.92. The van der Waals surface area contributed by atoms with Crippen LogP contribution >= 0.6 is 0 Å². The molecular formula is C18H20N4O2. The Balaban J connectivity index is 1.68. The van der Waals surface area contributed by atoms with E-state index in [4.69, 9.17) is 4.74 Å². The van der Waals surface area contributed by atoms with Gasteiger partial charge in [-0.1, -0.05) is 38.1 Å². The molecule has 2 aromatic heterocycles. The predicted octanol–water partition coefficient (Wildman–Crippen LogP) is 2.79. The number of hydrogen-bond acceptors (Lipinski definition) is 4. The summed E-state index contributed by atoms with van der Waals surface area (Å²) >= 11 is 0. The number of nitrogens with zero attached hydrogens (tertiary/aromatic N) is 3. The Bertz CT molecular complexity index is 853. The molecule has 0 atom stereocenters. The number of carbonyl (C=O) groups excluding carboxylic acids is 1. The lowest BCUT2D eigenvalue weighted by atomic mass is 10.0. The van der Waals surface area contributed by atoms with E-state index in [1.807, 2.05) is 12.1 Å². The normalized spacial score (nSPS) is 11.0. The molecular weight excluding hydrogens is 304 g/mol. The Morgan fingerprint density at radius 2 is 1.96 bits per heavy atom. The van der Waals surface area contributed by atoms with E-state index in [0.717, 1.165) is 5.56 Å². The van der Waals surface area contributed by atoms with E-state index in [-0.39, 0.29) is 5.91 Å². The van der Waals surface area contributed by atoms with Gasteiger partial charge in [0.1, 0.15) is 5.69 Å². The van der Waals surface area contributed by atoms with Gasteiger partial charge in [-0.2, -0.15) is 0 Å². The minimum atomic E-state index is -0.229. The van der Waals surface area contributed by atoms with Crippen LogP contribution in [-0.4, -0.2) is 27.6 Å². The second-order valence-electron chi connectivity index (χ2n) is 5.88. The zero-order valence-electron chi connectivity index (χ0n) is 14.0. The first-order valence-electron chi connectivity index (χ1n) is 7.84. The first-order valence-corrected chi connectivity index (χ1v) is 7.84. The number of fused-ring (bicyclic) bond motifs is 1. The van der Waals surface area contributed by atoms with Crippen LogP contribution in [0.1, 0.15) is 41.4 Å². The van der Waals surface area contributed by atoms with Crippen molar-refractivity contribution in [3.8, 4) is 5.88 Å². The molecule has 2 heterocycles. The molecule has 124 valence electrons. The molecule has 0 saturated carbocycles. The third-order valence-corrected chi connectivity index (χ3v) is 3.84. The van der Waals surface area contributed by atoms with Gasteiger partial charge in [-0.3, -0.25) is 4.79 Å². The van der Waals surface area contributed by atoms with Crippen LogP contribution in [0.4, 0.5) is 0 Å². The van der Waals surface area contributed by atoms with Crippen molar-refractivity contribution in [2.24, 2.45) is 0 Å². The number of hydrogen-bond donors (Lipinski definition) is 1. The summed E-state index contributed by atoms with van der Waals surface area (Å²) in [5.74, 6) is 0.737. The summed E-state index contributed by atoms with van der Waals surface area (Å²) in [5, 5.41) is 7.07. The molecule has 0 bridgehead atoms. The van der Waals surface area contributed by atoms with Crippen LogP contribution in [0, 0.1) is 0 Å². The maximum atomic E-state index is 12.3. The zero-order chi connectivity index (χ0) is 17.1. The van der Waals surface area contributed by atoms with Crippen molar-refractivity contribution in [2.45, 2.75) is 26.3 Å². The van der Waals surface area contributed by atoms with E-state index < -0.39 is 0 Å². The summed E-state index contributed by atoms with van der Waals surface area (Å²) in [6, 6.07) is 11.7. The second kappa shape index (κ2) is 6.70. The van der Waals surface area contributed by atoms with E-state index >= 15 is 0 Å². The molecule has 6 nitrogen and oxygen atoms in total. The van der Waals surface area contributed by atoms with Crippen molar-refractivity contribution < 1.29 is 9.53 Å². The van der Waals surface area contributed by atoms with Gasteiger partial charge in [-0.05, 0) is 23.1 Å². The smallest absolute Gasteiger partial charge is 0.271 e. The highest BCUT2D eigenvalue weighted by atomic mass is 16.5. The van der Waals surface area contributed by atoms with Crippen molar-refractivity contribution in [3.05, 3.63) is 59.4 Å². The Morgan fingerprint density at radius 3 is 2.62 bits per heavy atom. The molecule has 0 unspecified atom stereocenters. The third kappa shape index (κ3) is 3.37. The fourth-order valence-corrected chi connectivity index (χ4v) is 2.38. The Morgan fingerprint density at radius 1 is 1.21 bits per heavy atom. The summed E-state index contributed by atoms with van der Waals surface area (Å²) in [6.07, 6.45) is 1.59. The van der Waals surface area contributed by atoms with Crippen LogP contribution in [0.15, 0.2) is 42.6 Å². The molecule has 0 aliphatic rings. The fraction of sp³-hybridized carbons (Fsp3) is 0.278. The highest BCUT2D eigenvalue weighted by Crippen LogP contribution is 2.15. The number of benzene rings is 1. The minimum Gasteiger partial charge on any atom is -0.480 e. The zero-order valence-corrected chi connectivity index (χ0v) is 14.0. The van der Waals surface area contributed by atoms with Crippen LogP contribution < -0.4 is 10.1 Å². The van der Waals surface area contributed by atoms with Gasteiger partial charge in [0.2, 0.25) is 5.88 Å². The molecule has 24 heavy (non-hydrogen) atoms. The molecule has 0 aliphatic carbocycles. The van der Waals surface area contributed by atoms with Crippen LogP contribution in [0.25, 0.3) is 5.65 Å². The number of amides is 1. The second-order valence-corrected chi connectivity index (χ2v) is 5.88. The van der Waals surface area contributed by atoms with E-state index in [0.29, 0.717) is 29.7 Å². The maximum Gasteiger partial charge on any atom is 0.271 e. The maximum absolute atomic E-state index is 12.3. The largest absolute Gasteiger partial charge is 0.480 e. The summed E-state index contributed by atoms with van der Waals surface area (Å²) in [6.45, 7) is 4.77. The van der Waals surface area contributed by atoms with Crippen molar-refractivity contribution in [3.63, 3.8) is 0 Å². The first kappa shape index (κ1) is 16.0. The van der Waals surface area contributed by atoms with Gasteiger partial charge in [0, 0.05) is 12.6 Å². The molecule has 0 fully saturated rings. The molecule has 0 spiro atoms. The minimum absolute atomic E-state index is 0.229. The molecule has 1 amide bonds. The van der Waals surface area contributed by atoms with Crippen LogP contribution in [-0.2, 0) is 6.54 Å². The molecule has 0 radical (unpaired) electrons. The lowest BCUT2D eigenvalue weighted by molar-refractivity contribution is 0.0946. The van der Waals surface area contributed by atoms with Crippen LogP contribution in [0.2, 0.25) is 0 Å². The summed E-state index contributed by atoms with van der Waals surface area (Å²) in [5.41, 5.74) is 3.26. The number of rotatable bonds is 5. The van der Waals surface area contributed by atoms with E-state index in [9.17, 15) is 4.79 Å². The number of nitrogens with one attached hydrogen (secondary N) is 1. The van der Waals surface area contributed by atoms with Gasteiger partial charge < -0.3 is 10.1 Å². The van der Waals surface area contributed by atoms with Gasteiger partial charge in [-0.25, -0.2) is 9.50 Å². The molecule has 1 aromatic carbocycles. The number of carbonyl (C=O) groups is 1. The first-order chi connectivity index (χ1) is 11.6. The van der Waals surface area contributed by atoms with Crippen LogP contribution in [0.3, 0.4) is 0 Å². The van der Waals surface area contributed by atoms with Crippen molar-refractivity contribution in [1.29, 1.82) is 0 Å². The molecule has 1 N–H and O–H groups in total. The number of imidazole rings is 1. The summed E-state index contributed by atoms with van der Waals surface area (Å²) in [4.78, 5) is 16.5. The van der Waals surface area contributed by atoms with E-state index in [1.54, 1.807) is 25.4 Å². The lowest BCUT2D eigenvalue weighted by Crippen LogP contribution is -2.23.